The molecule has 13 heavy (non-hydrogen) atoms. The lowest BCUT2D eigenvalue weighted by atomic mass is 10.2. The van der Waals surface area contributed by atoms with Gasteiger partial charge in [0.15, 0.2) is 0 Å². The third kappa shape index (κ3) is 1.78. The molecule has 0 aromatic carbocycles. The lowest BCUT2D eigenvalue weighted by Crippen LogP contribution is -2.36. The molecule has 1 aromatic heterocycles. The van der Waals surface area contributed by atoms with E-state index in [2.05, 4.69) is 14.9 Å². The molecule has 0 spiro atoms. The van der Waals surface area contributed by atoms with Crippen LogP contribution in [0.4, 0.5) is 5.82 Å². The maximum atomic E-state index is 5.69. The Morgan fingerprint density at radius 1 is 1.54 bits per heavy atom. The molecule has 0 bridgehead atoms. The van der Waals surface area contributed by atoms with Gasteiger partial charge in [0.1, 0.15) is 11.6 Å². The molecule has 1 aliphatic rings. The molecule has 1 aliphatic heterocycles. The Morgan fingerprint density at radius 2 is 2.31 bits per heavy atom. The summed E-state index contributed by atoms with van der Waals surface area (Å²) in [5, 5.41) is 0. The van der Waals surface area contributed by atoms with Crippen molar-refractivity contribution in [1.29, 1.82) is 0 Å². The number of hydrogen-bond donors (Lipinski definition) is 1. The van der Waals surface area contributed by atoms with Crippen LogP contribution >= 0.6 is 0 Å². The Morgan fingerprint density at radius 3 is 2.85 bits per heavy atom. The summed E-state index contributed by atoms with van der Waals surface area (Å²) in [6, 6.07) is 0. The predicted molar refractivity (Wildman–Crippen MR) is 51.1 cm³/mol. The maximum Gasteiger partial charge on any atom is 0.144 e. The molecule has 4 heteroatoms. The zero-order valence-electron chi connectivity index (χ0n) is 7.82. The molecule has 2 rings (SSSR count). The van der Waals surface area contributed by atoms with E-state index in [4.69, 9.17) is 5.73 Å². The molecular weight excluding hydrogens is 164 g/mol. The SMILES string of the molecule is Cc1cnc(CN2CCC2)nc1N. The summed E-state index contributed by atoms with van der Waals surface area (Å²) < 4.78 is 0. The number of nitrogens with two attached hydrogens (primary N) is 1. The third-order valence-corrected chi connectivity index (χ3v) is 2.37. The van der Waals surface area contributed by atoms with E-state index in [0.717, 1.165) is 31.0 Å². The van der Waals surface area contributed by atoms with Crippen molar-refractivity contribution in [2.45, 2.75) is 19.9 Å². The van der Waals surface area contributed by atoms with Crippen LogP contribution < -0.4 is 5.73 Å². The van der Waals surface area contributed by atoms with Crippen molar-refractivity contribution in [3.63, 3.8) is 0 Å². The van der Waals surface area contributed by atoms with E-state index in [0.29, 0.717) is 5.82 Å². The van der Waals surface area contributed by atoms with Crippen molar-refractivity contribution < 1.29 is 0 Å². The largest absolute Gasteiger partial charge is 0.383 e. The van der Waals surface area contributed by atoms with Crippen LogP contribution in [-0.2, 0) is 6.54 Å². The molecule has 0 radical (unpaired) electrons. The fourth-order valence-electron chi connectivity index (χ4n) is 1.31. The highest BCUT2D eigenvalue weighted by molar-refractivity contribution is 5.35. The first-order valence-corrected chi connectivity index (χ1v) is 4.56. The molecular formula is C9H14N4. The molecule has 0 aliphatic carbocycles. The molecule has 0 atom stereocenters. The van der Waals surface area contributed by atoms with Gasteiger partial charge in [-0.25, -0.2) is 9.97 Å². The van der Waals surface area contributed by atoms with E-state index >= 15 is 0 Å². The van der Waals surface area contributed by atoms with Gasteiger partial charge in [-0.15, -0.1) is 0 Å². The Kier molecular flexibility index (Phi) is 2.14. The van der Waals surface area contributed by atoms with Crippen LogP contribution in [-0.4, -0.2) is 28.0 Å². The van der Waals surface area contributed by atoms with Crippen LogP contribution in [0, 0.1) is 6.92 Å². The van der Waals surface area contributed by atoms with Crippen molar-refractivity contribution >= 4 is 5.82 Å². The van der Waals surface area contributed by atoms with Crippen LogP contribution in [0.2, 0.25) is 0 Å². The van der Waals surface area contributed by atoms with E-state index in [1.165, 1.54) is 6.42 Å². The molecule has 1 aromatic rings. The van der Waals surface area contributed by atoms with Gasteiger partial charge in [-0.3, -0.25) is 4.90 Å². The number of aromatic nitrogens is 2. The van der Waals surface area contributed by atoms with Gasteiger partial charge in [0, 0.05) is 11.8 Å². The predicted octanol–water partition coefficient (Wildman–Crippen LogP) is 0.573. The number of nitrogen functional groups attached to an aromatic ring is 1. The van der Waals surface area contributed by atoms with Gasteiger partial charge in [-0.05, 0) is 26.4 Å². The second-order valence-electron chi connectivity index (χ2n) is 3.48. The van der Waals surface area contributed by atoms with Crippen LogP contribution in [0.25, 0.3) is 0 Å². The lowest BCUT2D eigenvalue weighted by Gasteiger charge is -2.29. The highest BCUT2D eigenvalue weighted by atomic mass is 15.2. The molecule has 2 N–H and O–H groups in total. The number of rotatable bonds is 2. The number of hydrogen-bond acceptors (Lipinski definition) is 4. The van der Waals surface area contributed by atoms with Crippen LogP contribution in [0.15, 0.2) is 6.20 Å². The molecule has 4 nitrogen and oxygen atoms in total. The summed E-state index contributed by atoms with van der Waals surface area (Å²) in [6.07, 6.45) is 3.08. The van der Waals surface area contributed by atoms with Crippen LogP contribution in [0.1, 0.15) is 17.8 Å². The van der Waals surface area contributed by atoms with Gasteiger partial charge >= 0.3 is 0 Å². The first kappa shape index (κ1) is 8.44. The van der Waals surface area contributed by atoms with Crippen molar-refractivity contribution in [1.82, 2.24) is 14.9 Å². The van der Waals surface area contributed by atoms with Gasteiger partial charge in [0.2, 0.25) is 0 Å². The van der Waals surface area contributed by atoms with Gasteiger partial charge in [0.25, 0.3) is 0 Å². The summed E-state index contributed by atoms with van der Waals surface area (Å²) in [5.41, 5.74) is 6.64. The first-order valence-electron chi connectivity index (χ1n) is 4.56. The van der Waals surface area contributed by atoms with Gasteiger partial charge in [-0.1, -0.05) is 0 Å². The molecule has 0 amide bonds. The lowest BCUT2D eigenvalue weighted by molar-refractivity contribution is 0.168. The third-order valence-electron chi connectivity index (χ3n) is 2.37. The molecule has 1 fully saturated rings. The van der Waals surface area contributed by atoms with Crippen LogP contribution in [0.3, 0.4) is 0 Å². The minimum Gasteiger partial charge on any atom is -0.383 e. The summed E-state index contributed by atoms with van der Waals surface area (Å²) in [5.74, 6) is 1.44. The van der Waals surface area contributed by atoms with E-state index in [9.17, 15) is 0 Å². The van der Waals surface area contributed by atoms with Crippen molar-refractivity contribution in [3.05, 3.63) is 17.6 Å². The number of nitrogens with zero attached hydrogens (tertiary/aromatic N) is 3. The van der Waals surface area contributed by atoms with E-state index < -0.39 is 0 Å². The maximum absolute atomic E-state index is 5.69. The van der Waals surface area contributed by atoms with Gasteiger partial charge in [0.05, 0.1) is 6.54 Å². The Balaban J connectivity index is 2.07. The summed E-state index contributed by atoms with van der Waals surface area (Å²) >= 11 is 0. The smallest absolute Gasteiger partial charge is 0.144 e. The first-order chi connectivity index (χ1) is 6.25. The van der Waals surface area contributed by atoms with Gasteiger partial charge in [-0.2, -0.15) is 0 Å². The van der Waals surface area contributed by atoms with Crippen molar-refractivity contribution in [2.24, 2.45) is 0 Å². The van der Waals surface area contributed by atoms with Crippen molar-refractivity contribution in [2.75, 3.05) is 18.8 Å². The number of aryl methyl sites for hydroxylation is 1. The van der Waals surface area contributed by atoms with Crippen molar-refractivity contribution in [3.8, 4) is 0 Å². The Hall–Kier alpha value is -1.16. The fraction of sp³-hybridized carbons (Fsp3) is 0.556. The number of anilines is 1. The second kappa shape index (κ2) is 3.30. The van der Waals surface area contributed by atoms with E-state index in [1.54, 1.807) is 6.20 Å². The Labute approximate surface area is 77.8 Å². The monoisotopic (exact) mass is 178 g/mol. The molecule has 1 saturated heterocycles. The highest BCUT2D eigenvalue weighted by Gasteiger charge is 2.15. The molecule has 0 unspecified atom stereocenters. The second-order valence-corrected chi connectivity index (χ2v) is 3.48. The minimum absolute atomic E-state index is 0.602. The average molecular weight is 178 g/mol. The molecule has 0 saturated carbocycles. The van der Waals surface area contributed by atoms with E-state index in [1.807, 2.05) is 6.92 Å². The molecule has 70 valence electrons. The normalized spacial score (nSPS) is 17.0. The fourth-order valence-corrected chi connectivity index (χ4v) is 1.31. The standard InChI is InChI=1S/C9H14N4/c1-7-5-11-8(12-9(7)10)6-13-3-2-4-13/h5H,2-4,6H2,1H3,(H2,10,11,12). The topological polar surface area (TPSA) is 55.0 Å². The van der Waals surface area contributed by atoms with Crippen LogP contribution in [0.5, 0.6) is 0 Å². The average Bonchev–Trinajstić information content (AvgIpc) is 2.04. The van der Waals surface area contributed by atoms with E-state index in [-0.39, 0.29) is 0 Å². The summed E-state index contributed by atoms with van der Waals surface area (Å²) in [6.45, 7) is 5.08. The zero-order valence-corrected chi connectivity index (χ0v) is 7.82. The highest BCUT2D eigenvalue weighted by Crippen LogP contribution is 2.11. The minimum atomic E-state index is 0.602. The molecule has 2 heterocycles. The zero-order chi connectivity index (χ0) is 9.26. The Bertz CT molecular complexity index is 306. The van der Waals surface area contributed by atoms with Gasteiger partial charge < -0.3 is 5.73 Å². The summed E-state index contributed by atoms with van der Waals surface area (Å²) in [7, 11) is 0. The number of likely N-dealkylation sites (tertiary alicyclic amines) is 1. The summed E-state index contributed by atoms with van der Waals surface area (Å²) in [4.78, 5) is 10.8. The quantitative estimate of drug-likeness (QED) is 0.719.